The predicted molar refractivity (Wildman–Crippen MR) is 112 cm³/mol. The number of halogens is 1. The first-order valence-electron chi connectivity index (χ1n) is 9.95. The molecule has 0 spiro atoms. The molecule has 164 valence electrons. The molecule has 2 heterocycles. The van der Waals surface area contributed by atoms with Gasteiger partial charge in [0.15, 0.2) is 0 Å². The zero-order chi connectivity index (χ0) is 21.5. The van der Waals surface area contributed by atoms with E-state index in [0.29, 0.717) is 23.1 Å². The largest absolute Gasteiger partial charge is 0.491 e. The number of benzene rings is 1. The van der Waals surface area contributed by atoms with Crippen molar-refractivity contribution in [2.75, 3.05) is 58.7 Å². The van der Waals surface area contributed by atoms with Gasteiger partial charge in [-0.3, -0.25) is 4.90 Å². The molecule has 0 aromatic heterocycles. The highest BCUT2D eigenvalue weighted by Gasteiger charge is 2.32. The van der Waals surface area contributed by atoms with Gasteiger partial charge in [-0.25, -0.2) is 9.59 Å². The van der Waals surface area contributed by atoms with Crippen LogP contribution in [0.3, 0.4) is 0 Å². The van der Waals surface area contributed by atoms with E-state index in [1.807, 2.05) is 0 Å². The molecule has 0 N–H and O–H groups in total. The van der Waals surface area contributed by atoms with E-state index in [1.165, 1.54) is 38.4 Å². The number of carbonyl (C=O) groups excluding carboxylic acids is 2. The molecule has 1 fully saturated rings. The number of methoxy groups -OCH3 is 2. The smallest absolute Gasteiger partial charge is 0.355 e. The summed E-state index contributed by atoms with van der Waals surface area (Å²) in [4.78, 5) is 28.4. The fourth-order valence-electron chi connectivity index (χ4n) is 3.59. The quantitative estimate of drug-likeness (QED) is 0.601. The van der Waals surface area contributed by atoms with Gasteiger partial charge in [0.1, 0.15) is 24.8 Å². The molecule has 0 unspecified atom stereocenters. The van der Waals surface area contributed by atoms with Crippen LogP contribution >= 0.6 is 11.6 Å². The highest BCUT2D eigenvalue weighted by atomic mass is 35.5. The lowest BCUT2D eigenvalue weighted by Crippen LogP contribution is -2.38. The van der Waals surface area contributed by atoms with Crippen LogP contribution in [0.25, 0.3) is 0 Å². The Bertz CT molecular complexity index is 807. The highest BCUT2D eigenvalue weighted by Crippen LogP contribution is 2.33. The second-order valence-corrected chi connectivity index (χ2v) is 7.49. The highest BCUT2D eigenvalue weighted by molar-refractivity contribution is 6.32. The third-order valence-corrected chi connectivity index (χ3v) is 5.47. The maximum Gasteiger partial charge on any atom is 0.355 e. The van der Waals surface area contributed by atoms with Gasteiger partial charge >= 0.3 is 11.9 Å². The van der Waals surface area contributed by atoms with Crippen molar-refractivity contribution in [3.05, 3.63) is 34.5 Å². The first-order valence-corrected chi connectivity index (χ1v) is 10.3. The minimum atomic E-state index is -0.656. The SMILES string of the molecule is COC(=O)C1=C(C(=O)OC)N(c2ccc(OCCN3CCCCC3)c(Cl)c2)COC1. The molecule has 0 bridgehead atoms. The Morgan fingerprint density at radius 3 is 2.50 bits per heavy atom. The summed E-state index contributed by atoms with van der Waals surface area (Å²) >= 11 is 6.43. The van der Waals surface area contributed by atoms with Crippen LogP contribution in [-0.2, 0) is 23.8 Å². The van der Waals surface area contributed by atoms with Gasteiger partial charge in [-0.1, -0.05) is 18.0 Å². The van der Waals surface area contributed by atoms with Crippen LogP contribution in [0.2, 0.25) is 5.02 Å². The molecule has 0 saturated carbocycles. The zero-order valence-electron chi connectivity index (χ0n) is 17.3. The summed E-state index contributed by atoms with van der Waals surface area (Å²) in [6.07, 6.45) is 3.76. The summed E-state index contributed by atoms with van der Waals surface area (Å²) in [5.41, 5.74) is 0.740. The number of piperidine rings is 1. The first kappa shape index (κ1) is 22.4. The first-order chi connectivity index (χ1) is 14.5. The van der Waals surface area contributed by atoms with Gasteiger partial charge in [0.2, 0.25) is 0 Å². The van der Waals surface area contributed by atoms with Crippen molar-refractivity contribution in [1.29, 1.82) is 0 Å². The standard InChI is InChI=1S/C21H27ClN2O6/c1-27-20(25)16-13-29-14-24(19(16)21(26)28-2)15-6-7-18(17(22)12-15)30-11-10-23-8-4-3-5-9-23/h6-7,12H,3-5,8-11,13-14H2,1-2H3. The van der Waals surface area contributed by atoms with Gasteiger partial charge in [0, 0.05) is 12.2 Å². The molecule has 0 atom stereocenters. The summed E-state index contributed by atoms with van der Waals surface area (Å²) in [7, 11) is 2.50. The molecule has 3 rings (SSSR count). The molecule has 1 aromatic rings. The zero-order valence-corrected chi connectivity index (χ0v) is 18.1. The van der Waals surface area contributed by atoms with E-state index >= 15 is 0 Å². The number of rotatable bonds is 7. The molecule has 0 amide bonds. The second-order valence-electron chi connectivity index (χ2n) is 7.08. The van der Waals surface area contributed by atoms with Crippen LogP contribution in [0, 0.1) is 0 Å². The minimum Gasteiger partial charge on any atom is -0.491 e. The summed E-state index contributed by atoms with van der Waals surface area (Å²) < 4.78 is 21.0. The summed E-state index contributed by atoms with van der Waals surface area (Å²) in [5, 5.41) is 0.403. The van der Waals surface area contributed by atoms with Crippen molar-refractivity contribution in [3.8, 4) is 5.75 Å². The lowest BCUT2D eigenvalue weighted by Gasteiger charge is -2.31. The van der Waals surface area contributed by atoms with Crippen LogP contribution < -0.4 is 9.64 Å². The molecule has 0 aliphatic carbocycles. The number of likely N-dealkylation sites (tertiary alicyclic amines) is 1. The van der Waals surface area contributed by atoms with E-state index in [1.54, 1.807) is 18.2 Å². The van der Waals surface area contributed by atoms with Crippen molar-refractivity contribution < 1.29 is 28.5 Å². The number of nitrogens with zero attached hydrogens (tertiary/aromatic N) is 2. The van der Waals surface area contributed by atoms with E-state index in [2.05, 4.69) is 4.90 Å². The molecular weight excluding hydrogens is 412 g/mol. The topological polar surface area (TPSA) is 77.5 Å². The number of hydrogen-bond donors (Lipinski definition) is 0. The van der Waals surface area contributed by atoms with Gasteiger partial charge in [0.05, 0.1) is 31.4 Å². The van der Waals surface area contributed by atoms with E-state index in [0.717, 1.165) is 19.6 Å². The fraction of sp³-hybridized carbons (Fsp3) is 0.524. The number of hydrogen-bond acceptors (Lipinski definition) is 8. The Morgan fingerprint density at radius 1 is 1.10 bits per heavy atom. The van der Waals surface area contributed by atoms with Crippen LogP contribution in [-0.4, -0.2) is 70.6 Å². The number of esters is 2. The average molecular weight is 439 g/mol. The maximum atomic E-state index is 12.4. The second kappa shape index (κ2) is 10.7. The van der Waals surface area contributed by atoms with E-state index in [-0.39, 0.29) is 24.6 Å². The van der Waals surface area contributed by atoms with Gasteiger partial charge in [0.25, 0.3) is 0 Å². The van der Waals surface area contributed by atoms with Crippen LogP contribution in [0.5, 0.6) is 5.75 Å². The summed E-state index contributed by atoms with van der Waals surface area (Å²) in [5.74, 6) is -0.743. The van der Waals surface area contributed by atoms with Gasteiger partial charge in [-0.05, 0) is 44.1 Å². The summed E-state index contributed by atoms with van der Waals surface area (Å²) in [6, 6.07) is 5.17. The normalized spacial score (nSPS) is 17.6. The van der Waals surface area contributed by atoms with Gasteiger partial charge < -0.3 is 23.8 Å². The monoisotopic (exact) mass is 438 g/mol. The lowest BCUT2D eigenvalue weighted by molar-refractivity contribution is -0.140. The number of carbonyl (C=O) groups is 2. The Labute approximate surface area is 181 Å². The lowest BCUT2D eigenvalue weighted by atomic mass is 10.1. The third kappa shape index (κ3) is 5.24. The maximum absolute atomic E-state index is 12.4. The van der Waals surface area contributed by atoms with E-state index < -0.39 is 11.9 Å². The molecule has 0 radical (unpaired) electrons. The van der Waals surface area contributed by atoms with Crippen molar-refractivity contribution in [3.63, 3.8) is 0 Å². The molecule has 2 aliphatic heterocycles. The molecule has 30 heavy (non-hydrogen) atoms. The van der Waals surface area contributed by atoms with E-state index in [4.69, 9.17) is 30.5 Å². The molecule has 1 aromatic carbocycles. The molecular formula is C21H27ClN2O6. The van der Waals surface area contributed by atoms with Crippen LogP contribution in [0.15, 0.2) is 29.5 Å². The average Bonchev–Trinajstić information content (AvgIpc) is 2.79. The van der Waals surface area contributed by atoms with Crippen LogP contribution in [0.4, 0.5) is 5.69 Å². The molecule has 8 nitrogen and oxygen atoms in total. The Morgan fingerprint density at radius 2 is 1.83 bits per heavy atom. The fourth-order valence-corrected chi connectivity index (χ4v) is 3.82. The Balaban J connectivity index is 1.75. The predicted octanol–water partition coefficient (Wildman–Crippen LogP) is 2.60. The minimum absolute atomic E-state index is 0.0426. The third-order valence-electron chi connectivity index (χ3n) is 5.17. The molecule has 2 aliphatic rings. The number of anilines is 1. The Hall–Kier alpha value is -2.29. The summed E-state index contributed by atoms with van der Waals surface area (Å²) in [6.45, 7) is 3.64. The van der Waals surface area contributed by atoms with Crippen LogP contribution in [0.1, 0.15) is 19.3 Å². The van der Waals surface area contributed by atoms with Gasteiger partial charge in [-0.2, -0.15) is 0 Å². The Kier molecular flexibility index (Phi) is 7.95. The van der Waals surface area contributed by atoms with Crippen molar-refractivity contribution in [2.45, 2.75) is 19.3 Å². The van der Waals surface area contributed by atoms with Crippen molar-refractivity contribution >= 4 is 29.2 Å². The van der Waals surface area contributed by atoms with Gasteiger partial charge in [-0.15, -0.1) is 0 Å². The van der Waals surface area contributed by atoms with Crippen molar-refractivity contribution in [2.24, 2.45) is 0 Å². The molecule has 1 saturated heterocycles. The number of ether oxygens (including phenoxy) is 4. The van der Waals surface area contributed by atoms with E-state index in [9.17, 15) is 9.59 Å². The van der Waals surface area contributed by atoms with Crippen molar-refractivity contribution in [1.82, 2.24) is 4.90 Å². The molecule has 9 heteroatoms.